The largest absolute Gasteiger partial charge is 0.381 e. The van der Waals surface area contributed by atoms with Crippen LogP contribution in [0, 0.1) is 5.92 Å². The average Bonchev–Trinajstić information content (AvgIpc) is 2.74. The fourth-order valence-corrected chi connectivity index (χ4v) is 5.02. The van der Waals surface area contributed by atoms with Gasteiger partial charge in [0.15, 0.2) is 5.96 Å². The number of piperidine rings is 1. The van der Waals surface area contributed by atoms with Gasteiger partial charge in [0.25, 0.3) is 0 Å². The van der Waals surface area contributed by atoms with Crippen LogP contribution in [0.2, 0.25) is 5.02 Å². The number of ether oxygens (including phenoxy) is 1. The Hall–Kier alpha value is -1.30. The van der Waals surface area contributed by atoms with Crippen molar-refractivity contribution in [3.63, 3.8) is 0 Å². The van der Waals surface area contributed by atoms with E-state index >= 15 is 0 Å². The number of hydrogen-bond donors (Lipinski definition) is 2. The summed E-state index contributed by atoms with van der Waals surface area (Å²) in [4.78, 5) is 7.64. The van der Waals surface area contributed by atoms with Crippen molar-refractivity contribution in [2.75, 3.05) is 45.9 Å². The van der Waals surface area contributed by atoms with Crippen LogP contribution in [0.3, 0.4) is 0 Å². The fraction of sp³-hybridized carbons (Fsp3) is 0.708. The maximum Gasteiger partial charge on any atom is 0.191 e. The smallest absolute Gasteiger partial charge is 0.191 e. The number of nitrogens with one attached hydrogen (secondary N) is 2. The summed E-state index contributed by atoms with van der Waals surface area (Å²) in [5, 5.41) is 8.00. The van der Waals surface area contributed by atoms with Crippen LogP contribution in [-0.2, 0) is 10.2 Å². The van der Waals surface area contributed by atoms with Crippen molar-refractivity contribution in [3.8, 4) is 0 Å². The zero-order chi connectivity index (χ0) is 21.4. The topological polar surface area (TPSA) is 48.9 Å². The molecule has 0 aromatic heterocycles. The molecule has 2 fully saturated rings. The van der Waals surface area contributed by atoms with E-state index in [9.17, 15) is 0 Å². The highest BCUT2D eigenvalue weighted by Crippen LogP contribution is 2.38. The Morgan fingerprint density at radius 1 is 1.23 bits per heavy atom. The lowest BCUT2D eigenvalue weighted by molar-refractivity contribution is 0.0531. The van der Waals surface area contributed by atoms with E-state index in [4.69, 9.17) is 21.3 Å². The molecule has 30 heavy (non-hydrogen) atoms. The SMILES string of the molecule is CCNC(=NCC1(c2ccccc2Cl)CCOCC1)NC1CCN(CC(C)C)CC1. The number of likely N-dealkylation sites (tertiary alicyclic amines) is 1. The lowest BCUT2D eigenvalue weighted by atomic mass is 9.74. The van der Waals surface area contributed by atoms with Gasteiger partial charge >= 0.3 is 0 Å². The first kappa shape index (κ1) is 23.4. The molecule has 2 saturated heterocycles. The van der Waals surface area contributed by atoms with Crippen molar-refractivity contribution in [2.45, 2.75) is 57.9 Å². The van der Waals surface area contributed by atoms with Crippen molar-refractivity contribution in [1.82, 2.24) is 15.5 Å². The first-order chi connectivity index (χ1) is 14.5. The maximum absolute atomic E-state index is 6.60. The second-order valence-corrected chi connectivity index (χ2v) is 9.59. The van der Waals surface area contributed by atoms with Crippen LogP contribution in [0.25, 0.3) is 0 Å². The minimum Gasteiger partial charge on any atom is -0.381 e. The lowest BCUT2D eigenvalue weighted by Gasteiger charge is -2.37. The summed E-state index contributed by atoms with van der Waals surface area (Å²) >= 11 is 6.60. The molecule has 3 rings (SSSR count). The van der Waals surface area contributed by atoms with Gasteiger partial charge in [-0.05, 0) is 50.2 Å². The van der Waals surface area contributed by atoms with Gasteiger partial charge in [-0.3, -0.25) is 4.99 Å². The Labute approximate surface area is 187 Å². The lowest BCUT2D eigenvalue weighted by Crippen LogP contribution is -2.49. The normalized spacial score (nSPS) is 21.0. The van der Waals surface area contributed by atoms with E-state index in [1.54, 1.807) is 0 Å². The Balaban J connectivity index is 1.67. The first-order valence-corrected chi connectivity index (χ1v) is 12.0. The predicted octanol–water partition coefficient (Wildman–Crippen LogP) is 4.06. The Morgan fingerprint density at radius 3 is 2.57 bits per heavy atom. The van der Waals surface area contributed by atoms with E-state index in [2.05, 4.69) is 48.4 Å². The summed E-state index contributed by atoms with van der Waals surface area (Å²) in [6.07, 6.45) is 4.24. The summed E-state index contributed by atoms with van der Waals surface area (Å²) in [6.45, 7) is 13.4. The molecule has 0 bridgehead atoms. The Morgan fingerprint density at radius 2 is 1.93 bits per heavy atom. The number of aliphatic imine (C=N–C) groups is 1. The number of rotatable bonds is 7. The predicted molar refractivity (Wildman–Crippen MR) is 127 cm³/mol. The van der Waals surface area contributed by atoms with Crippen LogP contribution < -0.4 is 10.6 Å². The zero-order valence-electron chi connectivity index (χ0n) is 18.9. The molecule has 5 nitrogen and oxygen atoms in total. The molecule has 0 aliphatic carbocycles. The molecule has 2 aliphatic rings. The molecule has 6 heteroatoms. The average molecular weight is 435 g/mol. The summed E-state index contributed by atoms with van der Waals surface area (Å²) < 4.78 is 5.67. The van der Waals surface area contributed by atoms with Gasteiger partial charge in [0.2, 0.25) is 0 Å². The third kappa shape index (κ3) is 6.35. The summed E-state index contributed by atoms with van der Waals surface area (Å²) in [6, 6.07) is 8.72. The highest BCUT2D eigenvalue weighted by atomic mass is 35.5. The quantitative estimate of drug-likeness (QED) is 0.501. The molecule has 2 N–H and O–H groups in total. The Bertz CT molecular complexity index is 680. The van der Waals surface area contributed by atoms with Crippen LogP contribution in [0.5, 0.6) is 0 Å². The molecular formula is C24H39ClN4O. The van der Waals surface area contributed by atoms with Crippen LogP contribution in [0.1, 0.15) is 52.0 Å². The molecule has 1 aromatic rings. The minimum atomic E-state index is -0.0560. The third-order valence-corrected chi connectivity index (χ3v) is 6.66. The third-order valence-electron chi connectivity index (χ3n) is 6.33. The van der Waals surface area contributed by atoms with Crippen molar-refractivity contribution in [1.29, 1.82) is 0 Å². The van der Waals surface area contributed by atoms with Gasteiger partial charge in [0, 0.05) is 55.9 Å². The molecule has 2 aliphatic heterocycles. The van der Waals surface area contributed by atoms with E-state index in [0.717, 1.165) is 69.1 Å². The second-order valence-electron chi connectivity index (χ2n) is 9.18. The number of guanidine groups is 1. The maximum atomic E-state index is 6.60. The van der Waals surface area contributed by atoms with E-state index in [-0.39, 0.29) is 5.41 Å². The van der Waals surface area contributed by atoms with Gasteiger partial charge < -0.3 is 20.3 Å². The molecule has 0 saturated carbocycles. The van der Waals surface area contributed by atoms with Crippen LogP contribution in [0.15, 0.2) is 29.3 Å². The van der Waals surface area contributed by atoms with E-state index in [1.807, 2.05) is 12.1 Å². The fourth-order valence-electron chi connectivity index (χ4n) is 4.69. The molecular weight excluding hydrogens is 396 g/mol. The summed E-state index contributed by atoms with van der Waals surface area (Å²) in [5.74, 6) is 1.66. The summed E-state index contributed by atoms with van der Waals surface area (Å²) in [7, 11) is 0. The molecule has 1 aromatic carbocycles. The van der Waals surface area contributed by atoms with Gasteiger partial charge in [-0.25, -0.2) is 0 Å². The van der Waals surface area contributed by atoms with E-state index in [0.29, 0.717) is 6.04 Å². The van der Waals surface area contributed by atoms with Crippen molar-refractivity contribution in [3.05, 3.63) is 34.9 Å². The van der Waals surface area contributed by atoms with Gasteiger partial charge in [0.05, 0.1) is 6.54 Å². The number of hydrogen-bond acceptors (Lipinski definition) is 3. The zero-order valence-corrected chi connectivity index (χ0v) is 19.7. The van der Waals surface area contributed by atoms with E-state index in [1.165, 1.54) is 24.9 Å². The molecule has 0 atom stereocenters. The summed E-state index contributed by atoms with van der Waals surface area (Å²) in [5.41, 5.74) is 1.15. The monoisotopic (exact) mass is 434 g/mol. The van der Waals surface area contributed by atoms with Crippen LogP contribution in [0.4, 0.5) is 0 Å². The number of halogens is 1. The molecule has 168 valence electrons. The van der Waals surface area contributed by atoms with Crippen LogP contribution >= 0.6 is 11.6 Å². The highest BCUT2D eigenvalue weighted by Gasteiger charge is 2.36. The Kier molecular flexibility index (Phi) is 8.84. The number of nitrogens with zero attached hydrogens (tertiary/aromatic N) is 2. The van der Waals surface area contributed by atoms with Gasteiger partial charge in [-0.15, -0.1) is 0 Å². The number of benzene rings is 1. The van der Waals surface area contributed by atoms with Gasteiger partial charge in [-0.2, -0.15) is 0 Å². The molecule has 0 amide bonds. The highest BCUT2D eigenvalue weighted by molar-refractivity contribution is 6.31. The van der Waals surface area contributed by atoms with Crippen molar-refractivity contribution in [2.24, 2.45) is 10.9 Å². The molecule has 0 unspecified atom stereocenters. The molecule has 0 spiro atoms. The van der Waals surface area contributed by atoms with Gasteiger partial charge in [-0.1, -0.05) is 43.6 Å². The standard InChI is InChI=1S/C24H39ClN4O/c1-4-26-23(28-20-9-13-29(14-10-20)17-19(2)3)27-18-24(11-15-30-16-12-24)21-7-5-6-8-22(21)25/h5-8,19-20H,4,9-18H2,1-3H3,(H2,26,27,28). The van der Waals surface area contributed by atoms with Crippen molar-refractivity contribution < 1.29 is 4.74 Å². The van der Waals surface area contributed by atoms with Crippen LogP contribution in [-0.4, -0.2) is 62.8 Å². The molecule has 2 heterocycles. The first-order valence-electron chi connectivity index (χ1n) is 11.6. The van der Waals surface area contributed by atoms with Gasteiger partial charge in [0.1, 0.15) is 0 Å². The molecule has 0 radical (unpaired) electrons. The van der Waals surface area contributed by atoms with Crippen molar-refractivity contribution >= 4 is 17.6 Å². The van der Waals surface area contributed by atoms with E-state index < -0.39 is 0 Å². The minimum absolute atomic E-state index is 0.0560. The second kappa shape index (κ2) is 11.4.